The summed E-state index contributed by atoms with van der Waals surface area (Å²) in [5, 5.41) is 19.4. The van der Waals surface area contributed by atoms with Gasteiger partial charge in [-0.3, -0.25) is 0 Å². The van der Waals surface area contributed by atoms with Crippen molar-refractivity contribution in [3.05, 3.63) is 22.2 Å². The lowest BCUT2D eigenvalue weighted by Gasteiger charge is -2.21. The van der Waals surface area contributed by atoms with Crippen molar-refractivity contribution in [2.75, 3.05) is 14.2 Å². The fourth-order valence-electron chi connectivity index (χ4n) is 1.85. The van der Waals surface area contributed by atoms with E-state index in [0.717, 1.165) is 0 Å². The molecule has 0 saturated heterocycles. The van der Waals surface area contributed by atoms with Crippen LogP contribution in [0.3, 0.4) is 0 Å². The van der Waals surface area contributed by atoms with E-state index in [1.165, 1.54) is 7.11 Å². The average molecular weight is 328 g/mol. The van der Waals surface area contributed by atoms with Gasteiger partial charge in [0.05, 0.1) is 36.8 Å². The highest BCUT2D eigenvalue weighted by molar-refractivity contribution is 9.10. The number of hydrogen-bond acceptors (Lipinski definition) is 4. The molecule has 0 spiro atoms. The first-order chi connectivity index (χ1) is 8.96. The lowest BCUT2D eigenvalue weighted by atomic mass is 9.88. The summed E-state index contributed by atoms with van der Waals surface area (Å²) in [5.74, 6) is 0.498. The summed E-state index contributed by atoms with van der Waals surface area (Å²) < 4.78 is 11.2. The number of ether oxygens (including phenoxy) is 2. The van der Waals surface area contributed by atoms with Gasteiger partial charge in [-0.1, -0.05) is 13.8 Å². The normalized spacial score (nSPS) is 13.8. The Morgan fingerprint density at radius 1 is 1.26 bits per heavy atom. The van der Waals surface area contributed by atoms with E-state index in [2.05, 4.69) is 22.0 Å². The molecule has 4 nitrogen and oxygen atoms in total. The summed E-state index contributed by atoms with van der Waals surface area (Å²) in [6.45, 7) is 3.76. The van der Waals surface area contributed by atoms with Crippen LogP contribution in [0.2, 0.25) is 0 Å². The van der Waals surface area contributed by atoms with Crippen LogP contribution in [0.1, 0.15) is 25.3 Å². The number of aliphatic hydroxyl groups excluding tert-OH is 1. The van der Waals surface area contributed by atoms with Gasteiger partial charge in [0, 0.05) is 0 Å². The van der Waals surface area contributed by atoms with E-state index in [-0.39, 0.29) is 5.92 Å². The number of halogens is 1. The van der Waals surface area contributed by atoms with Crippen LogP contribution < -0.4 is 9.47 Å². The van der Waals surface area contributed by atoms with Crippen molar-refractivity contribution < 1.29 is 14.6 Å². The summed E-state index contributed by atoms with van der Waals surface area (Å²) in [5.41, 5.74) is 0.702. The highest BCUT2D eigenvalue weighted by Crippen LogP contribution is 2.39. The number of nitriles is 1. The molecule has 1 aromatic carbocycles. The van der Waals surface area contributed by atoms with Crippen molar-refractivity contribution in [2.24, 2.45) is 5.92 Å². The molecule has 2 unspecified atom stereocenters. The van der Waals surface area contributed by atoms with Gasteiger partial charge in [0.25, 0.3) is 0 Å². The molecule has 19 heavy (non-hydrogen) atoms. The summed E-state index contributed by atoms with van der Waals surface area (Å²) in [6, 6.07) is 5.65. The fraction of sp³-hybridized carbons (Fsp3) is 0.500. The molecule has 1 aromatic rings. The lowest BCUT2D eigenvalue weighted by molar-refractivity contribution is 0.113. The van der Waals surface area contributed by atoms with Crippen LogP contribution in [0.15, 0.2) is 16.6 Å². The maximum absolute atomic E-state index is 10.1. The Balaban J connectivity index is 3.27. The van der Waals surface area contributed by atoms with Gasteiger partial charge in [-0.05, 0) is 39.5 Å². The first-order valence-corrected chi connectivity index (χ1v) is 6.74. The van der Waals surface area contributed by atoms with Crippen molar-refractivity contribution in [2.45, 2.75) is 25.9 Å². The Hall–Kier alpha value is -1.25. The third kappa shape index (κ3) is 3.40. The maximum Gasteiger partial charge on any atom is 0.174 e. The summed E-state index contributed by atoms with van der Waals surface area (Å²) in [6.07, 6.45) is -0.727. The van der Waals surface area contributed by atoms with E-state index in [0.29, 0.717) is 21.5 Å². The SMILES string of the molecule is COc1cc(C(C#N)C(O)C(C)C)cc(Br)c1OC. The van der Waals surface area contributed by atoms with Gasteiger partial charge in [0.1, 0.15) is 0 Å². The largest absolute Gasteiger partial charge is 0.493 e. The van der Waals surface area contributed by atoms with Gasteiger partial charge in [-0.25, -0.2) is 0 Å². The van der Waals surface area contributed by atoms with Crippen molar-refractivity contribution in [3.8, 4) is 17.6 Å². The molecular weight excluding hydrogens is 310 g/mol. The molecule has 0 heterocycles. The second-order valence-corrected chi connectivity index (χ2v) is 5.43. The zero-order chi connectivity index (χ0) is 14.6. The van der Waals surface area contributed by atoms with Crippen molar-refractivity contribution in [1.82, 2.24) is 0 Å². The van der Waals surface area contributed by atoms with Crippen LogP contribution in [-0.2, 0) is 0 Å². The average Bonchev–Trinajstić information content (AvgIpc) is 2.38. The second kappa shape index (κ2) is 6.78. The number of rotatable bonds is 5. The Morgan fingerprint density at radius 2 is 1.89 bits per heavy atom. The van der Waals surface area contributed by atoms with Gasteiger partial charge in [0.15, 0.2) is 11.5 Å². The quantitative estimate of drug-likeness (QED) is 0.902. The first kappa shape index (κ1) is 15.8. The van der Waals surface area contributed by atoms with E-state index in [1.54, 1.807) is 19.2 Å². The van der Waals surface area contributed by atoms with E-state index in [9.17, 15) is 10.4 Å². The molecule has 0 fully saturated rings. The fourth-order valence-corrected chi connectivity index (χ4v) is 2.47. The summed E-state index contributed by atoms with van der Waals surface area (Å²) >= 11 is 3.39. The minimum Gasteiger partial charge on any atom is -0.493 e. The molecule has 0 radical (unpaired) electrons. The van der Waals surface area contributed by atoms with Gasteiger partial charge in [-0.15, -0.1) is 0 Å². The summed E-state index contributed by atoms with van der Waals surface area (Å²) in [4.78, 5) is 0. The van der Waals surface area contributed by atoms with E-state index < -0.39 is 12.0 Å². The van der Waals surface area contributed by atoms with Crippen LogP contribution in [0, 0.1) is 17.2 Å². The van der Waals surface area contributed by atoms with Gasteiger partial charge >= 0.3 is 0 Å². The van der Waals surface area contributed by atoms with Gasteiger partial charge in [0.2, 0.25) is 0 Å². The third-order valence-corrected chi connectivity index (χ3v) is 3.57. The van der Waals surface area contributed by atoms with E-state index in [4.69, 9.17) is 9.47 Å². The Bertz CT molecular complexity index is 482. The third-order valence-electron chi connectivity index (χ3n) is 2.98. The van der Waals surface area contributed by atoms with Gasteiger partial charge < -0.3 is 14.6 Å². The zero-order valence-corrected chi connectivity index (χ0v) is 13.1. The molecule has 1 rings (SSSR count). The van der Waals surface area contributed by atoms with Crippen LogP contribution in [0.25, 0.3) is 0 Å². The smallest absolute Gasteiger partial charge is 0.174 e. The van der Waals surface area contributed by atoms with E-state index >= 15 is 0 Å². The highest BCUT2D eigenvalue weighted by atomic mass is 79.9. The molecular formula is C14H18BrNO3. The molecule has 104 valence electrons. The topological polar surface area (TPSA) is 62.5 Å². The molecule has 2 atom stereocenters. The van der Waals surface area contributed by atoms with Crippen molar-refractivity contribution in [1.29, 1.82) is 5.26 Å². The minimum absolute atomic E-state index is 0.00322. The molecule has 0 aromatic heterocycles. The first-order valence-electron chi connectivity index (χ1n) is 5.95. The molecule has 0 aliphatic carbocycles. The number of aliphatic hydroxyl groups is 1. The van der Waals surface area contributed by atoms with Crippen molar-refractivity contribution in [3.63, 3.8) is 0 Å². The molecule has 0 amide bonds. The predicted octanol–water partition coefficient (Wildman–Crippen LogP) is 3.09. The molecule has 5 heteroatoms. The minimum atomic E-state index is -0.727. The number of methoxy groups -OCH3 is 2. The number of hydrogen-bond donors (Lipinski definition) is 1. The molecule has 0 saturated carbocycles. The van der Waals surface area contributed by atoms with Crippen LogP contribution in [0.5, 0.6) is 11.5 Å². The van der Waals surface area contributed by atoms with Gasteiger partial charge in [-0.2, -0.15) is 5.26 Å². The Kier molecular flexibility index (Phi) is 5.64. The Morgan fingerprint density at radius 3 is 2.32 bits per heavy atom. The van der Waals surface area contributed by atoms with E-state index in [1.807, 2.05) is 13.8 Å². The molecule has 0 bridgehead atoms. The number of nitrogens with zero attached hydrogens (tertiary/aromatic N) is 1. The Labute approximate surface area is 122 Å². The van der Waals surface area contributed by atoms with Crippen LogP contribution in [0.4, 0.5) is 0 Å². The second-order valence-electron chi connectivity index (χ2n) is 4.58. The zero-order valence-electron chi connectivity index (χ0n) is 11.5. The van der Waals surface area contributed by atoms with Crippen LogP contribution in [-0.4, -0.2) is 25.4 Å². The predicted molar refractivity (Wildman–Crippen MR) is 76.4 cm³/mol. The molecule has 0 aliphatic rings. The molecule has 1 N–H and O–H groups in total. The highest BCUT2D eigenvalue weighted by Gasteiger charge is 2.25. The lowest BCUT2D eigenvalue weighted by Crippen LogP contribution is -2.23. The monoisotopic (exact) mass is 327 g/mol. The summed E-state index contributed by atoms with van der Waals surface area (Å²) in [7, 11) is 3.08. The van der Waals surface area contributed by atoms with Crippen LogP contribution >= 0.6 is 15.9 Å². The standard InChI is InChI=1S/C14H18BrNO3/c1-8(2)13(17)10(7-16)9-5-11(15)14(19-4)12(6-9)18-3/h5-6,8,10,13,17H,1-4H3. The molecule has 0 aliphatic heterocycles. The maximum atomic E-state index is 10.1. The van der Waals surface area contributed by atoms with Crippen molar-refractivity contribution >= 4 is 15.9 Å². The number of benzene rings is 1.